The molecule has 0 saturated carbocycles. The van der Waals surface area contributed by atoms with Crippen LogP contribution >= 0.6 is 0 Å². The van der Waals surface area contributed by atoms with Crippen molar-refractivity contribution < 1.29 is 34.3 Å². The van der Waals surface area contributed by atoms with E-state index in [0.29, 0.717) is 42.9 Å². The highest BCUT2D eigenvalue weighted by molar-refractivity contribution is 6.17. The maximum atomic E-state index is 12.8. The van der Waals surface area contributed by atoms with Crippen molar-refractivity contribution in [1.29, 1.82) is 0 Å². The fraction of sp³-hybridized carbons (Fsp3) is 0.581. The van der Waals surface area contributed by atoms with Gasteiger partial charge in [0, 0.05) is 12.3 Å². The highest BCUT2D eigenvalue weighted by Gasteiger charge is 2.32. The third-order valence-corrected chi connectivity index (χ3v) is 7.83. The maximum absolute atomic E-state index is 12.8. The molecule has 8 heteroatoms. The summed E-state index contributed by atoms with van der Waals surface area (Å²) < 4.78 is 17.2. The van der Waals surface area contributed by atoms with Crippen molar-refractivity contribution in [2.24, 2.45) is 17.1 Å². The molecule has 0 bridgehead atoms. The summed E-state index contributed by atoms with van der Waals surface area (Å²) in [7, 11) is 0. The van der Waals surface area contributed by atoms with Crippen molar-refractivity contribution in [3.05, 3.63) is 59.9 Å². The SMILES string of the molecule is CCC(O)C(O)CCOc1ccc(C2=CC3C=CC(OCC(O)CCCC(C)(CC)CN)=CC3OC2=O)cc1. The van der Waals surface area contributed by atoms with E-state index in [0.717, 1.165) is 24.8 Å². The summed E-state index contributed by atoms with van der Waals surface area (Å²) in [5.74, 6) is 0.674. The van der Waals surface area contributed by atoms with Crippen LogP contribution in [0.15, 0.2) is 54.3 Å². The van der Waals surface area contributed by atoms with Crippen molar-refractivity contribution >= 4 is 11.5 Å². The van der Waals surface area contributed by atoms with E-state index in [1.165, 1.54) is 0 Å². The standard InChI is InChI=1S/C31H45NO7/c1-4-27(34)28(35)14-16-37-24-11-8-21(9-12-24)26-17-22-10-13-25(18-29(22)39-30(26)36)38-19-23(33)7-6-15-31(3,5-2)20-32/h8-13,17-18,22-23,27-29,33-35H,4-7,14-16,19-20,32H2,1-3H3. The molecule has 0 radical (unpaired) electrons. The first-order valence-corrected chi connectivity index (χ1v) is 14.1. The van der Waals surface area contributed by atoms with Gasteiger partial charge in [-0.2, -0.15) is 0 Å². The third-order valence-electron chi connectivity index (χ3n) is 7.83. The van der Waals surface area contributed by atoms with E-state index in [1.807, 2.05) is 25.2 Å². The van der Waals surface area contributed by atoms with Crippen molar-refractivity contribution in [1.82, 2.24) is 0 Å². The number of allylic oxidation sites excluding steroid dienone is 1. The highest BCUT2D eigenvalue weighted by atomic mass is 16.5. The number of carbonyl (C=O) groups is 1. The van der Waals surface area contributed by atoms with Crippen LogP contribution in [-0.4, -0.2) is 65.5 Å². The first-order chi connectivity index (χ1) is 18.7. The quantitative estimate of drug-likeness (QED) is 0.231. The predicted octanol–water partition coefficient (Wildman–Crippen LogP) is 3.89. The van der Waals surface area contributed by atoms with E-state index in [2.05, 4.69) is 13.8 Å². The summed E-state index contributed by atoms with van der Waals surface area (Å²) in [6.45, 7) is 7.23. The van der Waals surface area contributed by atoms with Gasteiger partial charge < -0.3 is 35.3 Å². The number of fused-ring (bicyclic) bond motifs is 1. The van der Waals surface area contributed by atoms with Gasteiger partial charge in [0.2, 0.25) is 0 Å². The average Bonchev–Trinajstić information content (AvgIpc) is 2.95. The number of hydrogen-bond donors (Lipinski definition) is 4. The number of nitrogens with two attached hydrogens (primary N) is 1. The molecular weight excluding hydrogens is 498 g/mol. The Morgan fingerprint density at radius 1 is 1.05 bits per heavy atom. The summed E-state index contributed by atoms with van der Waals surface area (Å²) in [6.07, 6.45) is 9.21. The van der Waals surface area contributed by atoms with Crippen LogP contribution in [0.3, 0.4) is 0 Å². The number of benzene rings is 1. The molecule has 1 aromatic rings. The number of carbonyl (C=O) groups excluding carboxylic acids is 1. The molecular formula is C31H45NO7. The van der Waals surface area contributed by atoms with E-state index >= 15 is 0 Å². The summed E-state index contributed by atoms with van der Waals surface area (Å²) in [5.41, 5.74) is 7.20. The monoisotopic (exact) mass is 543 g/mol. The van der Waals surface area contributed by atoms with Crippen LogP contribution in [-0.2, 0) is 14.3 Å². The highest BCUT2D eigenvalue weighted by Crippen LogP contribution is 2.33. The molecule has 2 aliphatic rings. The Hall–Kier alpha value is -2.65. The van der Waals surface area contributed by atoms with Gasteiger partial charge in [-0.15, -0.1) is 0 Å². The van der Waals surface area contributed by atoms with Gasteiger partial charge in [-0.3, -0.25) is 0 Å². The summed E-state index contributed by atoms with van der Waals surface area (Å²) in [6, 6.07) is 7.14. The predicted molar refractivity (Wildman–Crippen MR) is 151 cm³/mol. The Kier molecular flexibility index (Phi) is 11.6. The van der Waals surface area contributed by atoms with Gasteiger partial charge in [-0.05, 0) is 67.5 Å². The zero-order valence-corrected chi connectivity index (χ0v) is 23.4. The summed E-state index contributed by atoms with van der Waals surface area (Å²) in [5, 5.41) is 29.9. The van der Waals surface area contributed by atoms with E-state index in [-0.39, 0.29) is 24.5 Å². The topological polar surface area (TPSA) is 131 Å². The molecule has 6 unspecified atom stereocenters. The Morgan fingerprint density at radius 3 is 2.46 bits per heavy atom. The molecule has 0 spiro atoms. The lowest BCUT2D eigenvalue weighted by molar-refractivity contribution is -0.141. The molecule has 1 heterocycles. The molecule has 0 aromatic heterocycles. The molecule has 5 N–H and O–H groups in total. The lowest BCUT2D eigenvalue weighted by atomic mass is 9.82. The number of esters is 1. The Bertz CT molecular complexity index is 1010. The van der Waals surface area contributed by atoms with Crippen molar-refractivity contribution in [3.63, 3.8) is 0 Å². The van der Waals surface area contributed by atoms with Crippen LogP contribution < -0.4 is 10.5 Å². The van der Waals surface area contributed by atoms with Gasteiger partial charge in [0.15, 0.2) is 0 Å². The second-order valence-electron chi connectivity index (χ2n) is 10.9. The van der Waals surface area contributed by atoms with Crippen LogP contribution in [0, 0.1) is 11.3 Å². The number of aliphatic hydroxyl groups excluding tert-OH is 3. The van der Waals surface area contributed by atoms with E-state index in [9.17, 15) is 20.1 Å². The maximum Gasteiger partial charge on any atom is 0.339 e. The van der Waals surface area contributed by atoms with Gasteiger partial charge in [0.05, 0.1) is 30.5 Å². The van der Waals surface area contributed by atoms with Crippen molar-refractivity contribution in [2.75, 3.05) is 19.8 Å². The molecule has 0 saturated heterocycles. The normalized spacial score (nSPS) is 22.5. The Labute approximate surface area is 232 Å². The minimum atomic E-state index is -0.818. The van der Waals surface area contributed by atoms with E-state index < -0.39 is 30.4 Å². The fourth-order valence-electron chi connectivity index (χ4n) is 4.62. The minimum absolute atomic E-state index is 0.111. The van der Waals surface area contributed by atoms with Crippen LogP contribution in [0.1, 0.15) is 64.9 Å². The molecule has 1 aliphatic heterocycles. The Morgan fingerprint density at radius 2 is 1.79 bits per heavy atom. The molecule has 6 atom stereocenters. The molecule has 3 rings (SSSR count). The third kappa shape index (κ3) is 8.93. The van der Waals surface area contributed by atoms with Gasteiger partial charge in [0.1, 0.15) is 24.2 Å². The largest absolute Gasteiger partial charge is 0.493 e. The molecule has 39 heavy (non-hydrogen) atoms. The summed E-state index contributed by atoms with van der Waals surface area (Å²) in [4.78, 5) is 12.8. The lowest BCUT2D eigenvalue weighted by Crippen LogP contribution is -2.31. The summed E-state index contributed by atoms with van der Waals surface area (Å²) >= 11 is 0. The van der Waals surface area contributed by atoms with Gasteiger partial charge in [0.25, 0.3) is 0 Å². The average molecular weight is 544 g/mol. The van der Waals surface area contributed by atoms with E-state index in [1.54, 1.807) is 30.3 Å². The van der Waals surface area contributed by atoms with Crippen LogP contribution in [0.5, 0.6) is 5.75 Å². The smallest absolute Gasteiger partial charge is 0.339 e. The van der Waals surface area contributed by atoms with Crippen molar-refractivity contribution in [2.45, 2.75) is 83.7 Å². The second kappa shape index (κ2) is 14.7. The molecule has 8 nitrogen and oxygen atoms in total. The zero-order chi connectivity index (χ0) is 28.4. The molecule has 1 aromatic carbocycles. The first kappa shape index (κ1) is 30.9. The molecule has 216 valence electrons. The van der Waals surface area contributed by atoms with Gasteiger partial charge in [-0.1, -0.05) is 51.5 Å². The van der Waals surface area contributed by atoms with Gasteiger partial charge >= 0.3 is 5.97 Å². The Balaban J connectivity index is 1.49. The van der Waals surface area contributed by atoms with Crippen molar-refractivity contribution in [3.8, 4) is 5.75 Å². The lowest BCUT2D eigenvalue weighted by Gasteiger charge is -2.29. The zero-order valence-electron chi connectivity index (χ0n) is 23.4. The number of hydrogen-bond acceptors (Lipinski definition) is 8. The molecule has 0 fully saturated rings. The van der Waals surface area contributed by atoms with Crippen LogP contribution in [0.25, 0.3) is 5.57 Å². The first-order valence-electron chi connectivity index (χ1n) is 14.1. The van der Waals surface area contributed by atoms with Gasteiger partial charge in [-0.25, -0.2) is 4.79 Å². The van der Waals surface area contributed by atoms with E-state index in [4.69, 9.17) is 19.9 Å². The molecule has 0 amide bonds. The molecule has 1 aliphatic carbocycles. The van der Waals surface area contributed by atoms with Crippen LogP contribution in [0.4, 0.5) is 0 Å². The number of rotatable bonds is 16. The number of aliphatic hydroxyl groups is 3. The number of ether oxygens (including phenoxy) is 3. The minimum Gasteiger partial charge on any atom is -0.493 e. The van der Waals surface area contributed by atoms with Crippen LogP contribution in [0.2, 0.25) is 0 Å². The second-order valence-corrected chi connectivity index (χ2v) is 10.9. The fourth-order valence-corrected chi connectivity index (χ4v) is 4.62.